The molecule has 0 unspecified atom stereocenters. The van der Waals surface area contributed by atoms with Crippen molar-refractivity contribution in [3.8, 4) is 16.3 Å². The van der Waals surface area contributed by atoms with Crippen molar-refractivity contribution >= 4 is 17.2 Å². The Hall–Kier alpha value is -2.67. The van der Waals surface area contributed by atoms with Gasteiger partial charge in [0.1, 0.15) is 16.5 Å². The minimum atomic E-state index is -0.109. The summed E-state index contributed by atoms with van der Waals surface area (Å²) < 4.78 is 10.1. The number of benzene rings is 1. The van der Waals surface area contributed by atoms with Gasteiger partial charge in [-0.25, -0.2) is 4.98 Å². The van der Waals surface area contributed by atoms with Gasteiger partial charge in [-0.15, -0.1) is 11.3 Å². The normalized spacial score (nSPS) is 10.6. The van der Waals surface area contributed by atoms with E-state index in [0.29, 0.717) is 18.0 Å². The van der Waals surface area contributed by atoms with Crippen LogP contribution in [0.4, 0.5) is 0 Å². The first-order chi connectivity index (χ1) is 11.6. The van der Waals surface area contributed by atoms with E-state index in [2.05, 4.69) is 15.5 Å². The molecule has 0 saturated heterocycles. The molecule has 0 atom stereocenters. The van der Waals surface area contributed by atoms with Crippen LogP contribution in [0.3, 0.4) is 0 Å². The molecular weight excluding hydrogens is 326 g/mol. The van der Waals surface area contributed by atoms with Crippen LogP contribution in [-0.2, 0) is 17.8 Å². The number of carbonyl (C=O) groups excluding carboxylic acids is 1. The van der Waals surface area contributed by atoms with E-state index < -0.39 is 0 Å². The summed E-state index contributed by atoms with van der Waals surface area (Å²) in [7, 11) is 1.64. The third-order valence-corrected chi connectivity index (χ3v) is 4.31. The standard InChI is InChI=1S/C17H17N3O3S/c1-11-7-13(20-23-11)8-16(21)18-9-14-10-24-17(19-14)12-3-5-15(22-2)6-4-12/h3-7,10H,8-9H2,1-2H3,(H,18,21). The molecule has 1 N–H and O–H groups in total. The maximum absolute atomic E-state index is 11.9. The zero-order chi connectivity index (χ0) is 16.9. The molecule has 2 heterocycles. The fourth-order valence-corrected chi connectivity index (χ4v) is 3.00. The second-order valence-electron chi connectivity index (χ2n) is 5.25. The van der Waals surface area contributed by atoms with Crippen LogP contribution < -0.4 is 10.1 Å². The largest absolute Gasteiger partial charge is 0.497 e. The van der Waals surface area contributed by atoms with Crippen LogP contribution in [0.1, 0.15) is 17.1 Å². The van der Waals surface area contributed by atoms with Gasteiger partial charge in [0, 0.05) is 17.0 Å². The third-order valence-electron chi connectivity index (χ3n) is 3.37. The minimum Gasteiger partial charge on any atom is -0.497 e. The van der Waals surface area contributed by atoms with Crippen LogP contribution in [0, 0.1) is 6.92 Å². The number of nitrogens with one attached hydrogen (secondary N) is 1. The molecular formula is C17H17N3O3S. The molecule has 2 aromatic heterocycles. The van der Waals surface area contributed by atoms with Crippen molar-refractivity contribution in [2.24, 2.45) is 0 Å². The Morgan fingerprint density at radius 2 is 2.08 bits per heavy atom. The average molecular weight is 343 g/mol. The van der Waals surface area contributed by atoms with Gasteiger partial charge in [-0.1, -0.05) is 5.16 Å². The average Bonchev–Trinajstić information content (AvgIpc) is 3.22. The molecule has 0 bridgehead atoms. The fourth-order valence-electron chi connectivity index (χ4n) is 2.17. The van der Waals surface area contributed by atoms with Crippen LogP contribution in [0.15, 0.2) is 40.2 Å². The zero-order valence-corrected chi connectivity index (χ0v) is 14.2. The number of hydrogen-bond acceptors (Lipinski definition) is 6. The number of hydrogen-bond donors (Lipinski definition) is 1. The molecule has 7 heteroatoms. The van der Waals surface area contributed by atoms with Gasteiger partial charge in [-0.3, -0.25) is 4.79 Å². The molecule has 3 rings (SSSR count). The summed E-state index contributed by atoms with van der Waals surface area (Å²) in [5, 5.41) is 9.51. The number of methoxy groups -OCH3 is 1. The van der Waals surface area contributed by atoms with Gasteiger partial charge >= 0.3 is 0 Å². The number of amides is 1. The lowest BCUT2D eigenvalue weighted by Crippen LogP contribution is -2.24. The highest BCUT2D eigenvalue weighted by atomic mass is 32.1. The first-order valence-corrected chi connectivity index (χ1v) is 8.30. The van der Waals surface area contributed by atoms with Crippen molar-refractivity contribution in [1.82, 2.24) is 15.5 Å². The van der Waals surface area contributed by atoms with Gasteiger partial charge in [0.15, 0.2) is 0 Å². The zero-order valence-electron chi connectivity index (χ0n) is 13.4. The molecule has 0 saturated carbocycles. The molecule has 1 aromatic carbocycles. The Morgan fingerprint density at radius 1 is 1.29 bits per heavy atom. The first-order valence-electron chi connectivity index (χ1n) is 7.42. The summed E-state index contributed by atoms with van der Waals surface area (Å²) in [6.45, 7) is 2.19. The van der Waals surface area contributed by atoms with Crippen LogP contribution in [-0.4, -0.2) is 23.2 Å². The topological polar surface area (TPSA) is 77.2 Å². The highest BCUT2D eigenvalue weighted by Gasteiger charge is 2.09. The lowest BCUT2D eigenvalue weighted by Gasteiger charge is -2.01. The van der Waals surface area contributed by atoms with Crippen molar-refractivity contribution in [1.29, 1.82) is 0 Å². The van der Waals surface area contributed by atoms with E-state index in [-0.39, 0.29) is 12.3 Å². The Balaban J connectivity index is 1.56. The van der Waals surface area contributed by atoms with Crippen LogP contribution in [0.5, 0.6) is 5.75 Å². The Kier molecular flexibility index (Phi) is 4.90. The molecule has 0 aliphatic rings. The van der Waals surface area contributed by atoms with Gasteiger partial charge in [0.2, 0.25) is 5.91 Å². The second-order valence-corrected chi connectivity index (χ2v) is 6.11. The van der Waals surface area contributed by atoms with Crippen molar-refractivity contribution in [2.75, 3.05) is 7.11 Å². The van der Waals surface area contributed by atoms with Crippen LogP contribution in [0.25, 0.3) is 10.6 Å². The molecule has 124 valence electrons. The molecule has 0 spiro atoms. The van der Waals surface area contributed by atoms with Gasteiger partial charge in [0.25, 0.3) is 0 Å². The molecule has 0 aliphatic carbocycles. The van der Waals surface area contributed by atoms with Crippen molar-refractivity contribution in [3.05, 3.63) is 52.9 Å². The van der Waals surface area contributed by atoms with E-state index in [4.69, 9.17) is 9.26 Å². The SMILES string of the molecule is COc1ccc(-c2nc(CNC(=O)Cc3cc(C)on3)cs2)cc1. The Morgan fingerprint density at radius 3 is 2.75 bits per heavy atom. The molecule has 0 aliphatic heterocycles. The number of carbonyl (C=O) groups is 1. The fraction of sp³-hybridized carbons (Fsp3) is 0.235. The predicted molar refractivity (Wildman–Crippen MR) is 90.9 cm³/mol. The lowest BCUT2D eigenvalue weighted by molar-refractivity contribution is -0.120. The summed E-state index contributed by atoms with van der Waals surface area (Å²) >= 11 is 1.54. The first kappa shape index (κ1) is 16.2. The van der Waals surface area contributed by atoms with E-state index >= 15 is 0 Å². The summed E-state index contributed by atoms with van der Waals surface area (Å²) in [5.41, 5.74) is 2.48. The molecule has 0 radical (unpaired) electrons. The lowest BCUT2D eigenvalue weighted by atomic mass is 10.2. The minimum absolute atomic E-state index is 0.109. The van der Waals surface area contributed by atoms with E-state index in [1.807, 2.05) is 29.6 Å². The predicted octanol–water partition coefficient (Wildman–Crippen LogP) is 2.97. The van der Waals surface area contributed by atoms with Gasteiger partial charge in [-0.2, -0.15) is 0 Å². The Labute approximate surface area is 143 Å². The highest BCUT2D eigenvalue weighted by Crippen LogP contribution is 2.25. The molecule has 1 amide bonds. The van der Waals surface area contributed by atoms with E-state index in [1.54, 1.807) is 31.4 Å². The smallest absolute Gasteiger partial charge is 0.226 e. The van der Waals surface area contributed by atoms with Crippen LogP contribution in [0.2, 0.25) is 0 Å². The monoisotopic (exact) mass is 343 g/mol. The molecule has 24 heavy (non-hydrogen) atoms. The van der Waals surface area contributed by atoms with Gasteiger partial charge in [-0.05, 0) is 31.2 Å². The number of ether oxygens (including phenoxy) is 1. The molecule has 3 aromatic rings. The van der Waals surface area contributed by atoms with Gasteiger partial charge in [0.05, 0.1) is 31.5 Å². The number of aryl methyl sites for hydroxylation is 1. The van der Waals surface area contributed by atoms with Gasteiger partial charge < -0.3 is 14.6 Å². The summed E-state index contributed by atoms with van der Waals surface area (Å²) in [4.78, 5) is 16.5. The van der Waals surface area contributed by atoms with Crippen molar-refractivity contribution < 1.29 is 14.1 Å². The summed E-state index contributed by atoms with van der Waals surface area (Å²) in [5.74, 6) is 1.40. The van der Waals surface area contributed by atoms with Crippen molar-refractivity contribution in [2.45, 2.75) is 19.9 Å². The number of rotatable bonds is 6. The third kappa shape index (κ3) is 3.99. The summed E-state index contributed by atoms with van der Waals surface area (Å²) in [6.07, 6.45) is 0.201. The van der Waals surface area contributed by atoms with E-state index in [9.17, 15) is 4.79 Å². The maximum Gasteiger partial charge on any atom is 0.226 e. The van der Waals surface area contributed by atoms with E-state index in [0.717, 1.165) is 22.0 Å². The van der Waals surface area contributed by atoms with Crippen LogP contribution >= 0.6 is 11.3 Å². The van der Waals surface area contributed by atoms with Crippen molar-refractivity contribution in [3.63, 3.8) is 0 Å². The quantitative estimate of drug-likeness (QED) is 0.744. The Bertz CT molecular complexity index is 824. The second kappa shape index (κ2) is 7.27. The molecule has 0 fully saturated rings. The van der Waals surface area contributed by atoms with E-state index in [1.165, 1.54) is 0 Å². The highest BCUT2D eigenvalue weighted by molar-refractivity contribution is 7.13. The maximum atomic E-state index is 11.9. The number of aromatic nitrogens is 2. The number of thiazole rings is 1. The number of nitrogens with zero attached hydrogens (tertiary/aromatic N) is 2. The summed E-state index contributed by atoms with van der Waals surface area (Å²) in [6, 6.07) is 9.49. The molecule has 6 nitrogen and oxygen atoms in total.